The summed E-state index contributed by atoms with van der Waals surface area (Å²) in [6, 6.07) is 7.27. The van der Waals surface area contributed by atoms with E-state index >= 15 is 0 Å². The number of esters is 1. The number of rotatable bonds is 7. The fraction of sp³-hybridized carbons (Fsp3) is 0.467. The Morgan fingerprint density at radius 1 is 1.30 bits per heavy atom. The molecule has 0 heterocycles. The Bertz CT molecular complexity index is 459. The number of carbonyl (C=O) groups excluding carboxylic acids is 2. The number of nitrogens with zero attached hydrogens (tertiary/aromatic N) is 1. The van der Waals surface area contributed by atoms with Crippen LogP contribution in [0.1, 0.15) is 29.3 Å². The van der Waals surface area contributed by atoms with Crippen molar-refractivity contribution >= 4 is 11.9 Å². The molecule has 0 unspecified atom stereocenters. The van der Waals surface area contributed by atoms with Gasteiger partial charge in [-0.3, -0.25) is 9.59 Å². The van der Waals surface area contributed by atoms with Crippen LogP contribution >= 0.6 is 0 Å². The first-order valence-corrected chi connectivity index (χ1v) is 6.57. The molecule has 0 fully saturated rings. The lowest BCUT2D eigenvalue weighted by Crippen LogP contribution is -2.29. The standard InChI is InChI=1S/C15H21NO4/c1-4-20-14(17)8-9-16(2)15(18)13-7-5-6-12(10-13)11-19-3/h5-7,10H,4,8-9,11H2,1-3H3. The molecule has 1 aromatic rings. The summed E-state index contributed by atoms with van der Waals surface area (Å²) >= 11 is 0. The molecule has 0 aliphatic carbocycles. The van der Waals surface area contributed by atoms with E-state index in [9.17, 15) is 9.59 Å². The average Bonchev–Trinajstić information content (AvgIpc) is 2.45. The summed E-state index contributed by atoms with van der Waals surface area (Å²) in [5.74, 6) is -0.410. The second kappa shape index (κ2) is 8.32. The van der Waals surface area contributed by atoms with Gasteiger partial charge in [0.1, 0.15) is 0 Å². The van der Waals surface area contributed by atoms with Gasteiger partial charge in [-0.25, -0.2) is 0 Å². The van der Waals surface area contributed by atoms with Gasteiger partial charge in [0.25, 0.3) is 5.91 Å². The van der Waals surface area contributed by atoms with Crippen LogP contribution in [-0.4, -0.2) is 44.1 Å². The van der Waals surface area contributed by atoms with Gasteiger partial charge in [-0.05, 0) is 24.6 Å². The maximum Gasteiger partial charge on any atom is 0.307 e. The molecule has 110 valence electrons. The van der Waals surface area contributed by atoms with Crippen molar-refractivity contribution in [1.82, 2.24) is 4.90 Å². The second-order valence-corrected chi connectivity index (χ2v) is 4.42. The summed E-state index contributed by atoms with van der Waals surface area (Å²) in [6.07, 6.45) is 0.202. The fourth-order valence-electron chi connectivity index (χ4n) is 1.77. The second-order valence-electron chi connectivity index (χ2n) is 4.42. The molecule has 5 nitrogen and oxygen atoms in total. The third kappa shape index (κ3) is 5.01. The van der Waals surface area contributed by atoms with Gasteiger partial charge in [0.2, 0.25) is 0 Å². The molecule has 0 saturated carbocycles. The molecule has 0 atom stereocenters. The van der Waals surface area contributed by atoms with E-state index in [1.54, 1.807) is 33.2 Å². The smallest absolute Gasteiger partial charge is 0.307 e. The zero-order valence-corrected chi connectivity index (χ0v) is 12.2. The van der Waals surface area contributed by atoms with Crippen LogP contribution in [0.3, 0.4) is 0 Å². The van der Waals surface area contributed by atoms with E-state index in [1.165, 1.54) is 4.90 Å². The molecule has 0 aliphatic rings. The number of benzene rings is 1. The van der Waals surface area contributed by atoms with Gasteiger partial charge in [0.15, 0.2) is 0 Å². The molecule has 0 N–H and O–H groups in total. The zero-order chi connectivity index (χ0) is 15.0. The Morgan fingerprint density at radius 3 is 2.70 bits per heavy atom. The van der Waals surface area contributed by atoms with E-state index in [2.05, 4.69) is 0 Å². The van der Waals surface area contributed by atoms with Crippen molar-refractivity contribution in [3.8, 4) is 0 Å². The van der Waals surface area contributed by atoms with Crippen molar-refractivity contribution in [2.75, 3.05) is 27.3 Å². The van der Waals surface area contributed by atoms with Crippen molar-refractivity contribution in [3.63, 3.8) is 0 Å². The lowest BCUT2D eigenvalue weighted by molar-refractivity contribution is -0.143. The minimum absolute atomic E-state index is 0.118. The first-order valence-electron chi connectivity index (χ1n) is 6.57. The van der Waals surface area contributed by atoms with Crippen molar-refractivity contribution in [2.24, 2.45) is 0 Å². The van der Waals surface area contributed by atoms with E-state index in [0.29, 0.717) is 25.3 Å². The first-order chi connectivity index (χ1) is 9.58. The lowest BCUT2D eigenvalue weighted by atomic mass is 10.1. The van der Waals surface area contributed by atoms with Gasteiger partial charge in [-0.2, -0.15) is 0 Å². The van der Waals surface area contributed by atoms with Crippen LogP contribution in [0.5, 0.6) is 0 Å². The van der Waals surface area contributed by atoms with Crippen LogP contribution < -0.4 is 0 Å². The van der Waals surface area contributed by atoms with Crippen LogP contribution in [0.25, 0.3) is 0 Å². The predicted octanol–water partition coefficient (Wildman–Crippen LogP) is 1.86. The number of methoxy groups -OCH3 is 1. The first kappa shape index (κ1) is 16.2. The average molecular weight is 279 g/mol. The molecule has 0 spiro atoms. The molecule has 1 aromatic carbocycles. The van der Waals surface area contributed by atoms with E-state index in [1.807, 2.05) is 12.1 Å². The quantitative estimate of drug-likeness (QED) is 0.715. The van der Waals surface area contributed by atoms with Crippen LogP contribution in [-0.2, 0) is 20.9 Å². The van der Waals surface area contributed by atoms with Gasteiger partial charge in [-0.1, -0.05) is 12.1 Å². The van der Waals surface area contributed by atoms with Crippen molar-refractivity contribution in [2.45, 2.75) is 20.0 Å². The van der Waals surface area contributed by atoms with Crippen molar-refractivity contribution < 1.29 is 19.1 Å². The van der Waals surface area contributed by atoms with Gasteiger partial charge < -0.3 is 14.4 Å². The molecule has 0 aromatic heterocycles. The van der Waals surface area contributed by atoms with E-state index in [-0.39, 0.29) is 18.3 Å². The van der Waals surface area contributed by atoms with Crippen molar-refractivity contribution in [1.29, 1.82) is 0 Å². The van der Waals surface area contributed by atoms with E-state index in [4.69, 9.17) is 9.47 Å². The third-order valence-electron chi connectivity index (χ3n) is 2.79. The van der Waals surface area contributed by atoms with Gasteiger partial charge in [0, 0.05) is 26.3 Å². The van der Waals surface area contributed by atoms with E-state index in [0.717, 1.165) is 5.56 Å². The normalized spacial score (nSPS) is 10.2. The monoisotopic (exact) mass is 279 g/mol. The Morgan fingerprint density at radius 2 is 2.05 bits per heavy atom. The van der Waals surface area contributed by atoms with Gasteiger partial charge in [0.05, 0.1) is 19.6 Å². The number of ether oxygens (including phenoxy) is 2. The summed E-state index contributed by atoms with van der Waals surface area (Å²) in [4.78, 5) is 25.0. The number of amides is 1. The molecular weight excluding hydrogens is 258 g/mol. The SMILES string of the molecule is CCOC(=O)CCN(C)C(=O)c1cccc(COC)c1. The van der Waals surface area contributed by atoms with E-state index < -0.39 is 0 Å². The molecule has 1 rings (SSSR count). The van der Waals surface area contributed by atoms with Crippen LogP contribution in [0.15, 0.2) is 24.3 Å². The van der Waals surface area contributed by atoms with Gasteiger partial charge in [-0.15, -0.1) is 0 Å². The topological polar surface area (TPSA) is 55.8 Å². The highest BCUT2D eigenvalue weighted by atomic mass is 16.5. The zero-order valence-electron chi connectivity index (χ0n) is 12.2. The minimum Gasteiger partial charge on any atom is -0.466 e. The number of hydrogen-bond donors (Lipinski definition) is 0. The number of hydrogen-bond acceptors (Lipinski definition) is 4. The highest BCUT2D eigenvalue weighted by Gasteiger charge is 2.13. The summed E-state index contributed by atoms with van der Waals surface area (Å²) in [6.45, 7) is 2.92. The van der Waals surface area contributed by atoms with Crippen molar-refractivity contribution in [3.05, 3.63) is 35.4 Å². The molecule has 5 heteroatoms. The molecule has 20 heavy (non-hydrogen) atoms. The summed E-state index contributed by atoms with van der Waals surface area (Å²) < 4.78 is 9.88. The Hall–Kier alpha value is -1.88. The van der Waals surface area contributed by atoms with Crippen LogP contribution in [0.4, 0.5) is 0 Å². The summed E-state index contributed by atoms with van der Waals surface area (Å²) in [5, 5.41) is 0. The molecule has 0 bridgehead atoms. The minimum atomic E-state index is -0.291. The third-order valence-corrected chi connectivity index (χ3v) is 2.79. The molecular formula is C15H21NO4. The molecule has 0 radical (unpaired) electrons. The molecule has 0 saturated heterocycles. The largest absolute Gasteiger partial charge is 0.466 e. The summed E-state index contributed by atoms with van der Waals surface area (Å²) in [5.41, 5.74) is 1.53. The molecule has 1 amide bonds. The lowest BCUT2D eigenvalue weighted by Gasteiger charge is -2.17. The van der Waals surface area contributed by atoms with Crippen LogP contribution in [0.2, 0.25) is 0 Å². The maximum absolute atomic E-state index is 12.2. The highest BCUT2D eigenvalue weighted by Crippen LogP contribution is 2.09. The molecule has 0 aliphatic heterocycles. The van der Waals surface area contributed by atoms with Crippen LogP contribution in [0, 0.1) is 0 Å². The predicted molar refractivity (Wildman–Crippen MR) is 75.4 cm³/mol. The number of carbonyl (C=O) groups is 2. The Labute approximate surface area is 119 Å². The Kier molecular flexibility index (Phi) is 6.73. The van der Waals surface area contributed by atoms with Gasteiger partial charge >= 0.3 is 5.97 Å². The maximum atomic E-state index is 12.2. The Balaban J connectivity index is 2.59. The fourth-order valence-corrected chi connectivity index (χ4v) is 1.77. The summed E-state index contributed by atoms with van der Waals surface area (Å²) in [7, 11) is 3.28. The highest BCUT2D eigenvalue weighted by molar-refractivity contribution is 5.94.